The van der Waals surface area contributed by atoms with Gasteiger partial charge in [-0.15, -0.1) is 0 Å². The Kier molecular flexibility index (Phi) is 3.95. The van der Waals surface area contributed by atoms with E-state index in [1.807, 2.05) is 6.92 Å². The number of methoxy groups -OCH3 is 1. The molecule has 0 amide bonds. The molecule has 0 bridgehead atoms. The van der Waals surface area contributed by atoms with E-state index in [0.29, 0.717) is 12.8 Å². The maximum atomic E-state index is 11.7. The van der Waals surface area contributed by atoms with Gasteiger partial charge in [0.25, 0.3) is 0 Å². The van der Waals surface area contributed by atoms with Crippen LogP contribution in [0.3, 0.4) is 0 Å². The molecular formula is C10H17BrO3. The SMILES string of the molecule is CCC[C@]1(C(=O)OC)C[C@@H](Br)[C@@H](O)C1. The number of alkyl halides is 1. The maximum Gasteiger partial charge on any atom is 0.311 e. The van der Waals surface area contributed by atoms with E-state index in [0.717, 1.165) is 12.8 Å². The van der Waals surface area contributed by atoms with Gasteiger partial charge in [0.2, 0.25) is 0 Å². The van der Waals surface area contributed by atoms with Gasteiger partial charge >= 0.3 is 5.97 Å². The highest BCUT2D eigenvalue weighted by Crippen LogP contribution is 2.45. The second-order valence-corrected chi connectivity index (χ2v) is 5.19. The summed E-state index contributed by atoms with van der Waals surface area (Å²) in [5, 5.41) is 9.65. The molecule has 1 aliphatic carbocycles. The smallest absolute Gasteiger partial charge is 0.311 e. The van der Waals surface area contributed by atoms with E-state index in [9.17, 15) is 9.90 Å². The normalized spacial score (nSPS) is 37.1. The standard InChI is InChI=1S/C10H17BrO3/c1-3-4-10(9(13)14-2)5-7(11)8(12)6-10/h7-8,12H,3-6H2,1-2H3/t7-,8+,10+/m1/s1. The molecule has 1 fully saturated rings. The molecule has 14 heavy (non-hydrogen) atoms. The monoisotopic (exact) mass is 264 g/mol. The van der Waals surface area contributed by atoms with E-state index in [4.69, 9.17) is 4.74 Å². The molecule has 4 heteroatoms. The number of ether oxygens (including phenoxy) is 1. The molecule has 0 aromatic rings. The first-order valence-corrected chi connectivity index (χ1v) is 5.88. The first-order valence-electron chi connectivity index (χ1n) is 4.96. The van der Waals surface area contributed by atoms with Crippen molar-refractivity contribution in [3.63, 3.8) is 0 Å². The number of esters is 1. The zero-order valence-electron chi connectivity index (χ0n) is 8.62. The van der Waals surface area contributed by atoms with Crippen LogP contribution in [-0.2, 0) is 9.53 Å². The van der Waals surface area contributed by atoms with Crippen LogP contribution >= 0.6 is 15.9 Å². The molecule has 0 unspecified atom stereocenters. The predicted molar refractivity (Wildman–Crippen MR) is 57.3 cm³/mol. The largest absolute Gasteiger partial charge is 0.469 e. The second-order valence-electron chi connectivity index (χ2n) is 4.01. The fourth-order valence-electron chi connectivity index (χ4n) is 2.29. The highest BCUT2D eigenvalue weighted by molar-refractivity contribution is 9.09. The Labute approximate surface area is 93.0 Å². The van der Waals surface area contributed by atoms with Crippen LogP contribution in [0, 0.1) is 5.41 Å². The number of hydrogen-bond acceptors (Lipinski definition) is 3. The van der Waals surface area contributed by atoms with Crippen molar-refractivity contribution in [1.82, 2.24) is 0 Å². The molecule has 1 rings (SSSR count). The Morgan fingerprint density at radius 1 is 1.64 bits per heavy atom. The molecule has 3 atom stereocenters. The van der Waals surface area contributed by atoms with Crippen LogP contribution < -0.4 is 0 Å². The number of aliphatic hydroxyl groups is 1. The van der Waals surface area contributed by atoms with Crippen LogP contribution in [-0.4, -0.2) is 29.1 Å². The number of hydrogen-bond donors (Lipinski definition) is 1. The summed E-state index contributed by atoms with van der Waals surface area (Å²) in [7, 11) is 1.41. The van der Waals surface area contributed by atoms with Crippen molar-refractivity contribution in [3.05, 3.63) is 0 Å². The summed E-state index contributed by atoms with van der Waals surface area (Å²) in [6.07, 6.45) is 2.49. The van der Waals surface area contributed by atoms with Gasteiger partial charge in [0.15, 0.2) is 0 Å². The van der Waals surface area contributed by atoms with Gasteiger partial charge in [-0.1, -0.05) is 29.3 Å². The van der Waals surface area contributed by atoms with Crippen LogP contribution in [0.25, 0.3) is 0 Å². The van der Waals surface area contributed by atoms with E-state index in [2.05, 4.69) is 15.9 Å². The fraction of sp³-hybridized carbons (Fsp3) is 0.900. The van der Waals surface area contributed by atoms with Crippen molar-refractivity contribution in [2.45, 2.75) is 43.5 Å². The van der Waals surface area contributed by atoms with Crippen LogP contribution in [0.15, 0.2) is 0 Å². The van der Waals surface area contributed by atoms with Crippen molar-refractivity contribution in [1.29, 1.82) is 0 Å². The Morgan fingerprint density at radius 2 is 2.29 bits per heavy atom. The first kappa shape index (κ1) is 12.0. The van der Waals surface area contributed by atoms with Gasteiger partial charge in [0, 0.05) is 4.83 Å². The van der Waals surface area contributed by atoms with Gasteiger partial charge in [-0.3, -0.25) is 4.79 Å². The van der Waals surface area contributed by atoms with Gasteiger partial charge < -0.3 is 9.84 Å². The zero-order valence-corrected chi connectivity index (χ0v) is 10.2. The minimum absolute atomic E-state index is 0.0214. The lowest BCUT2D eigenvalue weighted by Gasteiger charge is -2.25. The van der Waals surface area contributed by atoms with Crippen molar-refractivity contribution in [2.24, 2.45) is 5.41 Å². The summed E-state index contributed by atoms with van der Waals surface area (Å²) in [5.74, 6) is -0.180. The minimum Gasteiger partial charge on any atom is -0.469 e. The number of carbonyl (C=O) groups excluding carboxylic acids is 1. The maximum absolute atomic E-state index is 11.7. The summed E-state index contributed by atoms with van der Waals surface area (Å²) in [6, 6.07) is 0. The number of rotatable bonds is 3. The summed E-state index contributed by atoms with van der Waals surface area (Å²) < 4.78 is 4.82. The van der Waals surface area contributed by atoms with Gasteiger partial charge in [0.1, 0.15) is 0 Å². The van der Waals surface area contributed by atoms with Crippen LogP contribution in [0.2, 0.25) is 0 Å². The summed E-state index contributed by atoms with van der Waals surface area (Å²) >= 11 is 3.39. The molecule has 0 aromatic carbocycles. The summed E-state index contributed by atoms with van der Waals surface area (Å²) in [6.45, 7) is 2.04. The highest BCUT2D eigenvalue weighted by atomic mass is 79.9. The summed E-state index contributed by atoms with van der Waals surface area (Å²) in [4.78, 5) is 11.7. The first-order chi connectivity index (χ1) is 6.55. The molecule has 82 valence electrons. The average molecular weight is 265 g/mol. The highest BCUT2D eigenvalue weighted by Gasteiger charge is 2.49. The fourth-order valence-corrected chi connectivity index (χ4v) is 3.10. The van der Waals surface area contributed by atoms with Crippen LogP contribution in [0.4, 0.5) is 0 Å². The average Bonchev–Trinajstić information content (AvgIpc) is 2.43. The lowest BCUT2D eigenvalue weighted by Crippen LogP contribution is -2.30. The molecule has 0 heterocycles. The zero-order chi connectivity index (χ0) is 10.8. The lowest BCUT2D eigenvalue weighted by molar-refractivity contribution is -0.153. The Balaban J connectivity index is 2.79. The molecule has 1 saturated carbocycles. The van der Waals surface area contributed by atoms with Crippen molar-refractivity contribution < 1.29 is 14.6 Å². The van der Waals surface area contributed by atoms with Gasteiger partial charge in [0.05, 0.1) is 18.6 Å². The van der Waals surface area contributed by atoms with Gasteiger partial charge in [-0.2, -0.15) is 0 Å². The van der Waals surface area contributed by atoms with Crippen molar-refractivity contribution in [3.8, 4) is 0 Å². The van der Waals surface area contributed by atoms with E-state index in [1.54, 1.807) is 0 Å². The summed E-state index contributed by atoms with van der Waals surface area (Å²) in [5.41, 5.74) is -0.461. The predicted octanol–water partition coefficient (Wildman–Crippen LogP) is 1.86. The Bertz CT molecular complexity index is 207. The second kappa shape index (κ2) is 4.62. The van der Waals surface area contributed by atoms with Crippen LogP contribution in [0.5, 0.6) is 0 Å². The number of carbonyl (C=O) groups is 1. The third kappa shape index (κ3) is 2.11. The van der Waals surface area contributed by atoms with E-state index in [-0.39, 0.29) is 10.8 Å². The lowest BCUT2D eigenvalue weighted by atomic mass is 9.81. The van der Waals surface area contributed by atoms with E-state index >= 15 is 0 Å². The number of halogens is 1. The molecule has 0 aliphatic heterocycles. The minimum atomic E-state index is -0.461. The Morgan fingerprint density at radius 3 is 2.64 bits per heavy atom. The molecule has 0 saturated heterocycles. The van der Waals surface area contributed by atoms with E-state index < -0.39 is 11.5 Å². The van der Waals surface area contributed by atoms with Gasteiger partial charge in [-0.05, 0) is 19.3 Å². The third-order valence-corrected chi connectivity index (χ3v) is 3.88. The van der Waals surface area contributed by atoms with Crippen molar-refractivity contribution >= 4 is 21.9 Å². The molecule has 0 radical (unpaired) electrons. The number of aliphatic hydroxyl groups excluding tert-OH is 1. The molecule has 3 nitrogen and oxygen atoms in total. The molecule has 1 N–H and O–H groups in total. The molecule has 1 aliphatic rings. The molecular weight excluding hydrogens is 248 g/mol. The van der Waals surface area contributed by atoms with Crippen molar-refractivity contribution in [2.75, 3.05) is 7.11 Å². The van der Waals surface area contributed by atoms with E-state index in [1.165, 1.54) is 7.11 Å². The topological polar surface area (TPSA) is 46.5 Å². The van der Waals surface area contributed by atoms with Crippen LogP contribution in [0.1, 0.15) is 32.6 Å². The Hall–Kier alpha value is -0.0900. The quantitative estimate of drug-likeness (QED) is 0.626. The third-order valence-electron chi connectivity index (χ3n) is 2.95. The molecule has 0 aromatic heterocycles. The molecule has 0 spiro atoms. The van der Waals surface area contributed by atoms with Gasteiger partial charge in [-0.25, -0.2) is 0 Å².